The number of nitrogens with zero attached hydrogens (tertiary/aromatic N) is 2. The quantitative estimate of drug-likeness (QED) is 0.444. The molecule has 3 rings (SSSR count). The van der Waals surface area contributed by atoms with Crippen molar-refractivity contribution in [3.63, 3.8) is 0 Å². The van der Waals surface area contributed by atoms with Crippen molar-refractivity contribution in [2.24, 2.45) is 0 Å². The summed E-state index contributed by atoms with van der Waals surface area (Å²) in [5.41, 5.74) is 0.917. The highest BCUT2D eigenvalue weighted by Gasteiger charge is 2.24. The van der Waals surface area contributed by atoms with Gasteiger partial charge in [0.15, 0.2) is 5.13 Å². The molecule has 0 saturated carbocycles. The Bertz CT molecular complexity index is 1140. The molecule has 0 atom stereocenters. The van der Waals surface area contributed by atoms with Gasteiger partial charge in [-0.05, 0) is 55.3 Å². The van der Waals surface area contributed by atoms with Gasteiger partial charge >= 0.3 is 0 Å². The molecule has 1 aromatic heterocycles. The largest absolute Gasteiger partial charge is 0.298 e. The molecule has 0 bridgehead atoms. The molecular weight excluding hydrogens is 437 g/mol. The monoisotopic (exact) mass is 463 g/mol. The second-order valence-electron chi connectivity index (χ2n) is 7.22. The fourth-order valence-corrected chi connectivity index (χ4v) is 5.47. The SMILES string of the molecule is CCCCN(CCCC)S(=O)(=O)c1ccc(C(=O)Nc2nc3ccc(F)cc3s2)cc1. The molecule has 0 radical (unpaired) electrons. The molecule has 1 heterocycles. The van der Waals surface area contributed by atoms with Crippen LogP contribution in [0.15, 0.2) is 47.4 Å². The average molecular weight is 464 g/mol. The molecule has 31 heavy (non-hydrogen) atoms. The van der Waals surface area contributed by atoms with Crippen LogP contribution in [-0.2, 0) is 10.0 Å². The minimum Gasteiger partial charge on any atom is -0.298 e. The second-order valence-corrected chi connectivity index (χ2v) is 10.2. The first-order valence-electron chi connectivity index (χ1n) is 10.3. The maximum absolute atomic E-state index is 13.3. The number of aromatic nitrogens is 1. The number of unbranched alkanes of at least 4 members (excludes halogenated alkanes) is 2. The maximum Gasteiger partial charge on any atom is 0.257 e. The van der Waals surface area contributed by atoms with Crippen molar-refractivity contribution in [2.45, 2.75) is 44.4 Å². The Kier molecular flexibility index (Phi) is 7.74. The topological polar surface area (TPSA) is 79.4 Å². The van der Waals surface area contributed by atoms with Crippen LogP contribution < -0.4 is 5.32 Å². The predicted molar refractivity (Wildman–Crippen MR) is 123 cm³/mol. The normalized spacial score (nSPS) is 11.9. The van der Waals surface area contributed by atoms with Gasteiger partial charge in [-0.1, -0.05) is 38.0 Å². The van der Waals surface area contributed by atoms with Crippen molar-refractivity contribution in [1.29, 1.82) is 0 Å². The lowest BCUT2D eigenvalue weighted by Gasteiger charge is -2.22. The highest BCUT2D eigenvalue weighted by atomic mass is 32.2. The lowest BCUT2D eigenvalue weighted by Crippen LogP contribution is -2.33. The Hall–Kier alpha value is -2.36. The number of hydrogen-bond acceptors (Lipinski definition) is 5. The van der Waals surface area contributed by atoms with E-state index in [0.717, 1.165) is 25.7 Å². The van der Waals surface area contributed by atoms with E-state index in [1.165, 1.54) is 52.0 Å². The molecule has 0 saturated heterocycles. The summed E-state index contributed by atoms with van der Waals surface area (Å²) in [5.74, 6) is -0.768. The number of amides is 1. The molecule has 9 heteroatoms. The number of benzene rings is 2. The van der Waals surface area contributed by atoms with Crippen molar-refractivity contribution in [3.8, 4) is 0 Å². The lowest BCUT2D eigenvalue weighted by atomic mass is 10.2. The summed E-state index contributed by atoms with van der Waals surface area (Å²) in [5, 5.41) is 3.04. The number of sulfonamides is 1. The van der Waals surface area contributed by atoms with Gasteiger partial charge in [0.1, 0.15) is 5.82 Å². The molecule has 1 amide bonds. The summed E-state index contributed by atoms with van der Waals surface area (Å²) < 4.78 is 41.6. The highest BCUT2D eigenvalue weighted by molar-refractivity contribution is 7.89. The molecule has 0 spiro atoms. The fraction of sp³-hybridized carbons (Fsp3) is 0.364. The van der Waals surface area contributed by atoms with E-state index in [0.29, 0.717) is 34.0 Å². The molecule has 0 aliphatic heterocycles. The number of halogens is 1. The van der Waals surface area contributed by atoms with Gasteiger partial charge in [0.25, 0.3) is 5.91 Å². The third kappa shape index (κ3) is 5.66. The lowest BCUT2D eigenvalue weighted by molar-refractivity contribution is 0.102. The molecule has 1 N–H and O–H groups in total. The van der Waals surface area contributed by atoms with Crippen LogP contribution in [0.2, 0.25) is 0 Å². The molecule has 0 unspecified atom stereocenters. The summed E-state index contributed by atoms with van der Waals surface area (Å²) >= 11 is 1.18. The van der Waals surface area contributed by atoms with Gasteiger partial charge in [0.05, 0.1) is 15.1 Å². The van der Waals surface area contributed by atoms with Crippen LogP contribution in [0, 0.1) is 5.82 Å². The Morgan fingerprint density at radius 1 is 1.06 bits per heavy atom. The van der Waals surface area contributed by atoms with Crippen LogP contribution in [0.4, 0.5) is 9.52 Å². The first-order valence-corrected chi connectivity index (χ1v) is 12.6. The number of carbonyl (C=O) groups is 1. The van der Waals surface area contributed by atoms with Gasteiger partial charge in [-0.3, -0.25) is 10.1 Å². The van der Waals surface area contributed by atoms with E-state index in [4.69, 9.17) is 0 Å². The first kappa shape index (κ1) is 23.3. The zero-order valence-electron chi connectivity index (χ0n) is 17.6. The Balaban J connectivity index is 1.74. The molecule has 2 aromatic carbocycles. The fourth-order valence-electron chi connectivity index (χ4n) is 3.07. The number of nitrogens with one attached hydrogen (secondary N) is 1. The summed E-state index contributed by atoms with van der Waals surface area (Å²) in [6.07, 6.45) is 3.43. The third-order valence-corrected chi connectivity index (χ3v) is 7.69. The Morgan fingerprint density at radius 2 is 1.71 bits per heavy atom. The predicted octanol–water partition coefficient (Wildman–Crippen LogP) is 5.28. The Morgan fingerprint density at radius 3 is 2.32 bits per heavy atom. The average Bonchev–Trinajstić information content (AvgIpc) is 3.15. The Labute approximate surface area is 186 Å². The molecular formula is C22H26FN3O3S2. The van der Waals surface area contributed by atoms with Crippen LogP contribution >= 0.6 is 11.3 Å². The number of anilines is 1. The van der Waals surface area contributed by atoms with Gasteiger partial charge in [-0.2, -0.15) is 4.31 Å². The number of thiazole rings is 1. The molecule has 166 valence electrons. The van der Waals surface area contributed by atoms with Crippen LogP contribution in [0.1, 0.15) is 49.9 Å². The highest BCUT2D eigenvalue weighted by Crippen LogP contribution is 2.27. The molecule has 6 nitrogen and oxygen atoms in total. The van der Waals surface area contributed by atoms with E-state index >= 15 is 0 Å². The van der Waals surface area contributed by atoms with E-state index in [1.807, 2.05) is 13.8 Å². The number of hydrogen-bond donors (Lipinski definition) is 1. The summed E-state index contributed by atoms with van der Waals surface area (Å²) in [7, 11) is -3.61. The third-order valence-electron chi connectivity index (χ3n) is 4.85. The van der Waals surface area contributed by atoms with E-state index < -0.39 is 15.9 Å². The number of carbonyl (C=O) groups excluding carboxylic acids is 1. The van der Waals surface area contributed by atoms with E-state index in [1.54, 1.807) is 6.07 Å². The van der Waals surface area contributed by atoms with Gasteiger partial charge in [-0.15, -0.1) is 0 Å². The maximum atomic E-state index is 13.3. The van der Waals surface area contributed by atoms with Gasteiger partial charge in [0.2, 0.25) is 10.0 Å². The van der Waals surface area contributed by atoms with E-state index in [9.17, 15) is 17.6 Å². The van der Waals surface area contributed by atoms with Crippen molar-refractivity contribution in [1.82, 2.24) is 9.29 Å². The smallest absolute Gasteiger partial charge is 0.257 e. The van der Waals surface area contributed by atoms with E-state index in [2.05, 4.69) is 10.3 Å². The summed E-state index contributed by atoms with van der Waals surface area (Å²) in [6, 6.07) is 10.1. The summed E-state index contributed by atoms with van der Waals surface area (Å²) in [6.45, 7) is 5.03. The minimum atomic E-state index is -3.61. The van der Waals surface area contributed by atoms with Crippen LogP contribution in [-0.4, -0.2) is 36.7 Å². The van der Waals surface area contributed by atoms with Crippen LogP contribution in [0.25, 0.3) is 10.2 Å². The minimum absolute atomic E-state index is 0.173. The second kappa shape index (κ2) is 10.3. The molecule has 3 aromatic rings. The molecule has 0 aliphatic rings. The van der Waals surface area contributed by atoms with Crippen molar-refractivity contribution in [2.75, 3.05) is 18.4 Å². The van der Waals surface area contributed by atoms with Gasteiger partial charge in [-0.25, -0.2) is 17.8 Å². The number of fused-ring (bicyclic) bond motifs is 1. The standard InChI is InChI=1S/C22H26FN3O3S2/c1-3-5-13-26(14-6-4-2)31(28,29)18-10-7-16(8-11-18)21(27)25-22-24-19-12-9-17(23)15-20(19)30-22/h7-12,15H,3-6,13-14H2,1-2H3,(H,24,25,27). The van der Waals surface area contributed by atoms with Crippen LogP contribution in [0.3, 0.4) is 0 Å². The number of rotatable bonds is 10. The van der Waals surface area contributed by atoms with Gasteiger partial charge in [0, 0.05) is 18.7 Å². The van der Waals surface area contributed by atoms with Crippen molar-refractivity contribution >= 4 is 42.6 Å². The van der Waals surface area contributed by atoms with E-state index in [-0.39, 0.29) is 10.7 Å². The van der Waals surface area contributed by atoms with Crippen molar-refractivity contribution in [3.05, 3.63) is 53.8 Å². The van der Waals surface area contributed by atoms with Crippen molar-refractivity contribution < 1.29 is 17.6 Å². The molecule has 0 aliphatic carbocycles. The molecule has 0 fully saturated rings. The zero-order chi connectivity index (χ0) is 22.4. The zero-order valence-corrected chi connectivity index (χ0v) is 19.2. The first-order chi connectivity index (χ1) is 14.8. The van der Waals surface area contributed by atoms with Gasteiger partial charge < -0.3 is 0 Å². The van der Waals surface area contributed by atoms with Crippen LogP contribution in [0.5, 0.6) is 0 Å². The summed E-state index contributed by atoms with van der Waals surface area (Å²) in [4.78, 5) is 17.0.